The van der Waals surface area contributed by atoms with Crippen molar-refractivity contribution in [1.29, 1.82) is 0 Å². The number of pyridine rings is 1. The highest BCUT2D eigenvalue weighted by Crippen LogP contribution is 2.45. The number of carboxylic acid groups (broad SMARTS) is 1. The zero-order valence-electron chi connectivity index (χ0n) is 11.7. The van der Waals surface area contributed by atoms with Crippen molar-refractivity contribution in [3.63, 3.8) is 0 Å². The second-order valence-corrected chi connectivity index (χ2v) is 5.60. The minimum atomic E-state index is -0.838. The van der Waals surface area contributed by atoms with Gasteiger partial charge >= 0.3 is 5.97 Å². The van der Waals surface area contributed by atoms with Crippen LogP contribution in [0.5, 0.6) is 0 Å². The van der Waals surface area contributed by atoms with Crippen LogP contribution in [0.3, 0.4) is 0 Å². The number of para-hydroxylation sites is 1. The molecule has 5 heteroatoms. The summed E-state index contributed by atoms with van der Waals surface area (Å²) in [6, 6.07) is 9.24. The molecule has 1 fully saturated rings. The normalized spacial score (nSPS) is 15.7. The second kappa shape index (κ2) is 4.84. The number of carbonyl (C=O) groups is 2. The van der Waals surface area contributed by atoms with Gasteiger partial charge in [-0.05, 0) is 31.9 Å². The lowest BCUT2D eigenvalue weighted by Crippen LogP contribution is -2.34. The highest BCUT2D eigenvalue weighted by atomic mass is 16.4. The molecular formula is C16H16N2O3. The number of carboxylic acids is 1. The van der Waals surface area contributed by atoms with Crippen molar-refractivity contribution >= 4 is 22.8 Å². The van der Waals surface area contributed by atoms with Crippen LogP contribution in [0.2, 0.25) is 0 Å². The number of hydrogen-bond acceptors (Lipinski definition) is 3. The quantitative estimate of drug-likeness (QED) is 0.901. The van der Waals surface area contributed by atoms with Crippen molar-refractivity contribution in [2.24, 2.45) is 5.41 Å². The lowest BCUT2D eigenvalue weighted by atomic mass is 10.1. The molecule has 0 atom stereocenters. The molecule has 1 saturated carbocycles. The molecule has 0 saturated heterocycles. The van der Waals surface area contributed by atoms with Crippen LogP contribution in [0.15, 0.2) is 30.3 Å². The van der Waals surface area contributed by atoms with E-state index in [0.717, 1.165) is 11.1 Å². The molecule has 1 aromatic carbocycles. The van der Waals surface area contributed by atoms with Crippen molar-refractivity contribution in [3.8, 4) is 0 Å². The number of benzene rings is 1. The van der Waals surface area contributed by atoms with Gasteiger partial charge in [-0.3, -0.25) is 14.6 Å². The molecule has 5 nitrogen and oxygen atoms in total. The van der Waals surface area contributed by atoms with Crippen LogP contribution in [-0.4, -0.2) is 28.5 Å². The van der Waals surface area contributed by atoms with Gasteiger partial charge in [-0.25, -0.2) is 0 Å². The zero-order chi connectivity index (χ0) is 15.0. The van der Waals surface area contributed by atoms with Gasteiger partial charge in [-0.2, -0.15) is 0 Å². The first-order valence-electron chi connectivity index (χ1n) is 6.90. The van der Waals surface area contributed by atoms with E-state index >= 15 is 0 Å². The summed E-state index contributed by atoms with van der Waals surface area (Å²) < 4.78 is 0. The summed E-state index contributed by atoms with van der Waals surface area (Å²) in [4.78, 5) is 27.9. The second-order valence-electron chi connectivity index (χ2n) is 5.60. The Morgan fingerprint density at radius 2 is 2.05 bits per heavy atom. The Morgan fingerprint density at radius 1 is 1.29 bits per heavy atom. The number of fused-ring (bicyclic) bond motifs is 1. The lowest BCUT2D eigenvalue weighted by Gasteiger charge is -2.12. The number of hydrogen-bond donors (Lipinski definition) is 2. The van der Waals surface area contributed by atoms with Gasteiger partial charge in [0.05, 0.1) is 16.5 Å². The van der Waals surface area contributed by atoms with Crippen LogP contribution >= 0.6 is 0 Å². The van der Waals surface area contributed by atoms with Gasteiger partial charge in [-0.15, -0.1) is 0 Å². The number of carbonyl (C=O) groups excluding carboxylic acids is 1. The summed E-state index contributed by atoms with van der Waals surface area (Å²) in [5.41, 5.74) is 1.21. The number of amides is 1. The Morgan fingerprint density at radius 3 is 2.71 bits per heavy atom. The molecule has 108 valence electrons. The molecule has 21 heavy (non-hydrogen) atoms. The van der Waals surface area contributed by atoms with E-state index in [2.05, 4.69) is 10.3 Å². The fourth-order valence-electron chi connectivity index (χ4n) is 2.39. The van der Waals surface area contributed by atoms with E-state index in [9.17, 15) is 9.59 Å². The summed E-state index contributed by atoms with van der Waals surface area (Å²) in [6.07, 6.45) is 1.24. The van der Waals surface area contributed by atoms with Gasteiger partial charge < -0.3 is 10.4 Å². The van der Waals surface area contributed by atoms with E-state index in [-0.39, 0.29) is 12.5 Å². The van der Waals surface area contributed by atoms with Crippen LogP contribution in [0, 0.1) is 12.3 Å². The number of nitrogens with one attached hydrogen (secondary N) is 1. The Labute approximate surface area is 122 Å². The molecule has 1 heterocycles. The fraction of sp³-hybridized carbons (Fsp3) is 0.312. The first kappa shape index (κ1) is 13.5. The molecule has 1 aliphatic rings. The number of aromatic nitrogens is 1. The van der Waals surface area contributed by atoms with Crippen molar-refractivity contribution < 1.29 is 14.7 Å². The molecule has 0 bridgehead atoms. The number of rotatable bonds is 4. The third kappa shape index (κ3) is 2.46. The molecule has 3 rings (SSSR count). The van der Waals surface area contributed by atoms with E-state index in [1.165, 1.54) is 0 Å². The third-order valence-corrected chi connectivity index (χ3v) is 4.00. The molecule has 0 spiro atoms. The van der Waals surface area contributed by atoms with E-state index < -0.39 is 11.4 Å². The SMILES string of the molecule is Cc1ccc2cccc(C(=O)NCC3(C(=O)O)CC3)c2n1. The first-order valence-corrected chi connectivity index (χ1v) is 6.90. The van der Waals surface area contributed by atoms with Crippen molar-refractivity contribution in [2.45, 2.75) is 19.8 Å². The maximum Gasteiger partial charge on any atom is 0.311 e. The molecule has 0 radical (unpaired) electrons. The van der Waals surface area contributed by atoms with Crippen LogP contribution in [0.1, 0.15) is 28.9 Å². The van der Waals surface area contributed by atoms with Gasteiger partial charge in [0.25, 0.3) is 5.91 Å². The largest absolute Gasteiger partial charge is 0.481 e. The monoisotopic (exact) mass is 284 g/mol. The van der Waals surface area contributed by atoms with Crippen LogP contribution < -0.4 is 5.32 Å². The topological polar surface area (TPSA) is 79.3 Å². The molecular weight excluding hydrogens is 268 g/mol. The summed E-state index contributed by atoms with van der Waals surface area (Å²) in [7, 11) is 0. The van der Waals surface area contributed by atoms with E-state index in [4.69, 9.17) is 5.11 Å². The molecule has 2 aromatic rings. The maximum atomic E-state index is 12.3. The maximum absolute atomic E-state index is 12.3. The van der Waals surface area contributed by atoms with Crippen LogP contribution in [0.4, 0.5) is 0 Å². The van der Waals surface area contributed by atoms with Gasteiger partial charge in [0.15, 0.2) is 0 Å². The summed E-state index contributed by atoms with van der Waals surface area (Å²) >= 11 is 0. The Bertz CT molecular complexity index is 735. The van der Waals surface area contributed by atoms with E-state index in [0.29, 0.717) is 23.9 Å². The molecule has 0 unspecified atom stereocenters. The summed E-state index contributed by atoms with van der Waals surface area (Å²) in [6.45, 7) is 2.04. The molecule has 1 aromatic heterocycles. The van der Waals surface area contributed by atoms with Crippen LogP contribution in [-0.2, 0) is 4.79 Å². The highest BCUT2D eigenvalue weighted by Gasteiger charge is 2.50. The van der Waals surface area contributed by atoms with Crippen molar-refractivity contribution in [3.05, 3.63) is 41.6 Å². The minimum Gasteiger partial charge on any atom is -0.481 e. The Balaban J connectivity index is 1.85. The van der Waals surface area contributed by atoms with E-state index in [1.807, 2.05) is 25.1 Å². The van der Waals surface area contributed by atoms with Crippen molar-refractivity contribution in [1.82, 2.24) is 10.3 Å². The highest BCUT2D eigenvalue weighted by molar-refractivity contribution is 6.05. The van der Waals surface area contributed by atoms with Gasteiger partial charge in [0.2, 0.25) is 0 Å². The first-order chi connectivity index (χ1) is 10.0. The Kier molecular flexibility index (Phi) is 3.12. The molecule has 2 N–H and O–H groups in total. The number of aliphatic carboxylic acids is 1. The standard InChI is InChI=1S/C16H16N2O3/c1-10-5-6-11-3-2-4-12(13(11)18-10)14(19)17-9-16(7-8-16)15(20)21/h2-6H,7-9H2,1H3,(H,17,19)(H,20,21). The predicted octanol–water partition coefficient (Wildman–Crippen LogP) is 2.14. The Hall–Kier alpha value is -2.43. The van der Waals surface area contributed by atoms with Gasteiger partial charge in [-0.1, -0.05) is 18.2 Å². The number of aryl methyl sites for hydroxylation is 1. The fourth-order valence-corrected chi connectivity index (χ4v) is 2.39. The average molecular weight is 284 g/mol. The van der Waals surface area contributed by atoms with Gasteiger partial charge in [0.1, 0.15) is 0 Å². The third-order valence-electron chi connectivity index (χ3n) is 4.00. The minimum absolute atomic E-state index is 0.170. The van der Waals surface area contributed by atoms with E-state index in [1.54, 1.807) is 12.1 Å². The molecule has 0 aliphatic heterocycles. The zero-order valence-corrected chi connectivity index (χ0v) is 11.7. The number of nitrogens with zero attached hydrogens (tertiary/aromatic N) is 1. The van der Waals surface area contributed by atoms with Crippen LogP contribution in [0.25, 0.3) is 10.9 Å². The van der Waals surface area contributed by atoms with Crippen molar-refractivity contribution in [2.75, 3.05) is 6.54 Å². The molecule has 1 aliphatic carbocycles. The smallest absolute Gasteiger partial charge is 0.311 e. The molecule has 1 amide bonds. The van der Waals surface area contributed by atoms with Gasteiger partial charge in [0, 0.05) is 17.6 Å². The summed E-state index contributed by atoms with van der Waals surface area (Å²) in [5.74, 6) is -1.11. The lowest BCUT2D eigenvalue weighted by molar-refractivity contribution is -0.143. The summed E-state index contributed by atoms with van der Waals surface area (Å²) in [5, 5.41) is 12.8. The average Bonchev–Trinajstić information content (AvgIpc) is 3.25. The predicted molar refractivity (Wildman–Crippen MR) is 78.1 cm³/mol.